The average Bonchev–Trinajstić information content (AvgIpc) is 3.10. The van der Waals surface area contributed by atoms with Crippen molar-refractivity contribution in [1.82, 2.24) is 9.47 Å². The van der Waals surface area contributed by atoms with Gasteiger partial charge in [0.2, 0.25) is 0 Å². The lowest BCUT2D eigenvalue weighted by Crippen LogP contribution is -2.29. The van der Waals surface area contributed by atoms with Crippen molar-refractivity contribution in [3.63, 3.8) is 0 Å². The minimum absolute atomic E-state index is 0.0925. The lowest BCUT2D eigenvalue weighted by atomic mass is 10.1. The molecular weight excluding hydrogens is 272 g/mol. The minimum atomic E-state index is -0.0925. The van der Waals surface area contributed by atoms with Gasteiger partial charge in [0.1, 0.15) is 0 Å². The van der Waals surface area contributed by atoms with Gasteiger partial charge in [-0.25, -0.2) is 0 Å². The summed E-state index contributed by atoms with van der Waals surface area (Å²) in [6.45, 7) is 2.86. The third-order valence-corrected chi connectivity index (χ3v) is 4.64. The highest BCUT2D eigenvalue weighted by Crippen LogP contribution is 2.26. The first kappa shape index (κ1) is 15.3. The van der Waals surface area contributed by atoms with E-state index < -0.39 is 0 Å². The molecule has 1 aromatic carbocycles. The number of hydrogen-bond donors (Lipinski definition) is 1. The van der Waals surface area contributed by atoms with Crippen molar-refractivity contribution in [1.29, 1.82) is 0 Å². The summed E-state index contributed by atoms with van der Waals surface area (Å²) in [5.41, 5.74) is 2.66. The summed E-state index contributed by atoms with van der Waals surface area (Å²) in [4.78, 5) is 2.33. The van der Waals surface area contributed by atoms with E-state index in [1.54, 1.807) is 0 Å². The molecule has 1 aliphatic carbocycles. The van der Waals surface area contributed by atoms with Gasteiger partial charge >= 0.3 is 0 Å². The van der Waals surface area contributed by atoms with Gasteiger partial charge < -0.3 is 14.6 Å². The molecule has 2 atom stereocenters. The Morgan fingerprint density at radius 3 is 2.68 bits per heavy atom. The fourth-order valence-electron chi connectivity index (χ4n) is 3.48. The number of aliphatic hydroxyl groups is 1. The van der Waals surface area contributed by atoms with Crippen molar-refractivity contribution in [2.45, 2.75) is 38.5 Å². The third kappa shape index (κ3) is 3.99. The Morgan fingerprint density at radius 1 is 1.14 bits per heavy atom. The highest BCUT2D eigenvalue weighted by atomic mass is 16.3. The molecule has 1 saturated carbocycles. The van der Waals surface area contributed by atoms with E-state index in [0.717, 1.165) is 26.1 Å². The predicted molar refractivity (Wildman–Crippen MR) is 89.7 cm³/mol. The van der Waals surface area contributed by atoms with E-state index in [1.807, 2.05) is 0 Å². The highest BCUT2D eigenvalue weighted by Gasteiger charge is 2.26. The number of rotatable bonds is 6. The first-order valence-corrected chi connectivity index (χ1v) is 8.26. The molecule has 0 spiro atoms. The fraction of sp³-hybridized carbons (Fsp3) is 0.474. The van der Waals surface area contributed by atoms with Gasteiger partial charge in [0.25, 0.3) is 0 Å². The Labute approximate surface area is 133 Å². The van der Waals surface area contributed by atoms with Gasteiger partial charge in [-0.1, -0.05) is 36.8 Å². The molecule has 0 amide bonds. The van der Waals surface area contributed by atoms with E-state index in [-0.39, 0.29) is 6.10 Å². The number of benzene rings is 1. The summed E-state index contributed by atoms with van der Waals surface area (Å²) < 4.78 is 2.24. The third-order valence-electron chi connectivity index (χ3n) is 4.64. The molecule has 1 aliphatic rings. The standard InChI is InChI=1S/C19H26N2O/c1-20(15-18-8-5-9-19(18)22)12-17-10-11-21(14-17)13-16-6-3-2-4-7-16/h2-4,6-7,10-11,14,18-19,22H,5,8-9,12-13,15H2,1H3. The molecule has 0 radical (unpaired) electrons. The van der Waals surface area contributed by atoms with Crippen LogP contribution in [0.15, 0.2) is 48.8 Å². The molecule has 1 aromatic heterocycles. The zero-order chi connectivity index (χ0) is 15.4. The van der Waals surface area contributed by atoms with Gasteiger partial charge in [-0.3, -0.25) is 0 Å². The molecule has 0 saturated heterocycles. The summed E-state index contributed by atoms with van der Waals surface area (Å²) >= 11 is 0. The van der Waals surface area contributed by atoms with Crippen LogP contribution in [0.5, 0.6) is 0 Å². The van der Waals surface area contributed by atoms with Crippen LogP contribution in [-0.4, -0.2) is 34.3 Å². The summed E-state index contributed by atoms with van der Waals surface area (Å²) in [5, 5.41) is 9.94. The van der Waals surface area contributed by atoms with Crippen LogP contribution in [0, 0.1) is 5.92 Å². The Morgan fingerprint density at radius 2 is 1.95 bits per heavy atom. The molecule has 2 unspecified atom stereocenters. The molecule has 118 valence electrons. The van der Waals surface area contributed by atoms with Crippen molar-refractivity contribution in [3.05, 3.63) is 59.9 Å². The van der Waals surface area contributed by atoms with Gasteiger partial charge in [-0.2, -0.15) is 0 Å². The van der Waals surface area contributed by atoms with Gasteiger partial charge in [0, 0.05) is 32.0 Å². The zero-order valence-electron chi connectivity index (χ0n) is 13.4. The van der Waals surface area contributed by atoms with Gasteiger partial charge in [-0.05, 0) is 43.0 Å². The molecule has 0 aliphatic heterocycles. The second kappa shape index (κ2) is 7.12. The molecule has 0 bridgehead atoms. The summed E-state index contributed by atoms with van der Waals surface area (Å²) in [6.07, 6.45) is 7.61. The largest absolute Gasteiger partial charge is 0.393 e. The predicted octanol–water partition coefficient (Wildman–Crippen LogP) is 3.13. The van der Waals surface area contributed by atoms with Crippen LogP contribution in [0.2, 0.25) is 0 Å². The average molecular weight is 298 g/mol. The van der Waals surface area contributed by atoms with Crippen LogP contribution < -0.4 is 0 Å². The number of nitrogens with zero attached hydrogens (tertiary/aromatic N) is 2. The normalized spacial score (nSPS) is 21.6. The highest BCUT2D eigenvalue weighted by molar-refractivity contribution is 5.17. The second-order valence-electron chi connectivity index (χ2n) is 6.63. The van der Waals surface area contributed by atoms with Crippen molar-refractivity contribution < 1.29 is 5.11 Å². The maximum atomic E-state index is 9.94. The van der Waals surface area contributed by atoms with Gasteiger partial charge in [0.15, 0.2) is 0 Å². The van der Waals surface area contributed by atoms with Crippen molar-refractivity contribution >= 4 is 0 Å². The SMILES string of the molecule is CN(Cc1ccn(Cc2ccccc2)c1)CC1CCCC1O. The Balaban J connectivity index is 1.52. The number of hydrogen-bond acceptors (Lipinski definition) is 2. The topological polar surface area (TPSA) is 28.4 Å². The Kier molecular flexibility index (Phi) is 4.96. The maximum absolute atomic E-state index is 9.94. The molecule has 1 fully saturated rings. The molecule has 3 rings (SSSR count). The quantitative estimate of drug-likeness (QED) is 0.887. The van der Waals surface area contributed by atoms with Gasteiger partial charge in [0.05, 0.1) is 6.10 Å². The first-order valence-electron chi connectivity index (χ1n) is 8.26. The van der Waals surface area contributed by atoms with Crippen LogP contribution in [0.3, 0.4) is 0 Å². The van der Waals surface area contributed by atoms with Gasteiger partial charge in [-0.15, -0.1) is 0 Å². The van der Waals surface area contributed by atoms with Crippen molar-refractivity contribution in [2.75, 3.05) is 13.6 Å². The zero-order valence-corrected chi connectivity index (χ0v) is 13.4. The van der Waals surface area contributed by atoms with Crippen LogP contribution in [0.4, 0.5) is 0 Å². The Bertz CT molecular complexity index is 578. The van der Waals surface area contributed by atoms with E-state index in [9.17, 15) is 5.11 Å². The van der Waals surface area contributed by atoms with E-state index in [2.05, 4.69) is 65.3 Å². The lowest BCUT2D eigenvalue weighted by Gasteiger charge is -2.22. The smallest absolute Gasteiger partial charge is 0.0580 e. The molecule has 2 aromatic rings. The van der Waals surface area contributed by atoms with Crippen LogP contribution in [0.1, 0.15) is 30.4 Å². The second-order valence-corrected chi connectivity index (χ2v) is 6.63. The maximum Gasteiger partial charge on any atom is 0.0580 e. The van der Waals surface area contributed by atoms with Crippen LogP contribution >= 0.6 is 0 Å². The molecule has 3 heteroatoms. The molecule has 3 nitrogen and oxygen atoms in total. The molecular formula is C19H26N2O. The summed E-state index contributed by atoms with van der Waals surface area (Å²) in [6, 6.07) is 12.7. The number of aliphatic hydroxyl groups excluding tert-OH is 1. The number of aromatic nitrogens is 1. The monoisotopic (exact) mass is 298 g/mol. The lowest BCUT2D eigenvalue weighted by molar-refractivity contribution is 0.108. The van der Waals surface area contributed by atoms with E-state index in [4.69, 9.17) is 0 Å². The molecule has 1 N–H and O–H groups in total. The summed E-state index contributed by atoms with van der Waals surface area (Å²) in [5.74, 6) is 0.455. The Hall–Kier alpha value is -1.58. The molecule has 22 heavy (non-hydrogen) atoms. The van der Waals surface area contributed by atoms with Crippen molar-refractivity contribution in [3.8, 4) is 0 Å². The van der Waals surface area contributed by atoms with Crippen LogP contribution in [-0.2, 0) is 13.1 Å². The first-order chi connectivity index (χ1) is 10.7. The molecule has 1 heterocycles. The summed E-state index contributed by atoms with van der Waals surface area (Å²) in [7, 11) is 2.15. The minimum Gasteiger partial charge on any atom is -0.393 e. The van der Waals surface area contributed by atoms with E-state index >= 15 is 0 Å². The van der Waals surface area contributed by atoms with Crippen molar-refractivity contribution in [2.24, 2.45) is 5.92 Å². The van der Waals surface area contributed by atoms with Crippen LogP contribution in [0.25, 0.3) is 0 Å². The van der Waals surface area contributed by atoms with E-state index in [1.165, 1.54) is 24.0 Å². The fourth-order valence-corrected chi connectivity index (χ4v) is 3.48. The van der Waals surface area contributed by atoms with E-state index in [0.29, 0.717) is 5.92 Å².